The van der Waals surface area contributed by atoms with Crippen LogP contribution in [0.4, 0.5) is 14.9 Å². The molecule has 1 atom stereocenters. The van der Waals surface area contributed by atoms with Crippen LogP contribution < -0.4 is 10.6 Å². The van der Waals surface area contributed by atoms with Crippen LogP contribution in [0.15, 0.2) is 12.1 Å². The van der Waals surface area contributed by atoms with Gasteiger partial charge >= 0.3 is 12.0 Å². The van der Waals surface area contributed by atoms with Gasteiger partial charge in [0.15, 0.2) is 5.60 Å². The monoisotopic (exact) mass is 304 g/mol. The van der Waals surface area contributed by atoms with Gasteiger partial charge < -0.3 is 20.8 Å². The maximum absolute atomic E-state index is 13.3. The number of aliphatic hydroxyl groups is 1. The molecule has 0 fully saturated rings. The van der Waals surface area contributed by atoms with Gasteiger partial charge in [0.1, 0.15) is 5.82 Å². The molecule has 2 amide bonds. The Labute approximate surface area is 119 Å². The van der Waals surface area contributed by atoms with E-state index in [9.17, 15) is 19.1 Å². The number of urea groups is 1. The number of rotatable bonds is 4. The van der Waals surface area contributed by atoms with Crippen molar-refractivity contribution in [1.29, 1.82) is 0 Å². The predicted octanol–water partition coefficient (Wildman–Crippen LogP) is 1.74. The molecule has 110 valence electrons. The number of amides is 2. The van der Waals surface area contributed by atoms with Crippen LogP contribution in [0.5, 0.6) is 0 Å². The molecule has 0 saturated heterocycles. The standard InChI is InChI=1S/C12H14ClFN2O4/c1-6-8(14)4-3-7(13)9(6)16-11(19)15-5-12(2,20)10(17)18/h3-4,20H,5H2,1-2H3,(H,17,18)(H2,15,16,19). The first-order valence-electron chi connectivity index (χ1n) is 5.60. The molecular weight excluding hydrogens is 291 g/mol. The molecule has 1 unspecified atom stereocenters. The van der Waals surface area contributed by atoms with Gasteiger partial charge in [-0.3, -0.25) is 0 Å². The Morgan fingerprint density at radius 2 is 2.05 bits per heavy atom. The minimum atomic E-state index is -2.10. The Hall–Kier alpha value is -1.86. The summed E-state index contributed by atoms with van der Waals surface area (Å²) in [6.45, 7) is 1.96. The lowest BCUT2D eigenvalue weighted by molar-refractivity contribution is -0.155. The largest absolute Gasteiger partial charge is 0.479 e. The topological polar surface area (TPSA) is 98.7 Å². The first-order chi connectivity index (χ1) is 9.15. The fraction of sp³-hybridized carbons (Fsp3) is 0.333. The van der Waals surface area contributed by atoms with E-state index in [0.29, 0.717) is 0 Å². The van der Waals surface area contributed by atoms with E-state index in [1.807, 2.05) is 0 Å². The zero-order valence-electron chi connectivity index (χ0n) is 10.8. The third-order valence-electron chi connectivity index (χ3n) is 2.64. The molecule has 1 aromatic carbocycles. The highest BCUT2D eigenvalue weighted by Gasteiger charge is 2.30. The van der Waals surface area contributed by atoms with Crippen molar-refractivity contribution in [2.75, 3.05) is 11.9 Å². The second kappa shape index (κ2) is 6.06. The average molecular weight is 305 g/mol. The number of hydrogen-bond donors (Lipinski definition) is 4. The lowest BCUT2D eigenvalue weighted by atomic mass is 10.1. The van der Waals surface area contributed by atoms with Gasteiger partial charge in [0.05, 0.1) is 17.3 Å². The van der Waals surface area contributed by atoms with Gasteiger partial charge in [0, 0.05) is 5.56 Å². The fourth-order valence-electron chi connectivity index (χ4n) is 1.29. The van der Waals surface area contributed by atoms with Crippen LogP contribution in [0.25, 0.3) is 0 Å². The normalized spacial score (nSPS) is 13.4. The van der Waals surface area contributed by atoms with Crippen molar-refractivity contribution >= 4 is 29.3 Å². The van der Waals surface area contributed by atoms with E-state index < -0.39 is 30.0 Å². The molecule has 0 spiro atoms. The second-order valence-corrected chi connectivity index (χ2v) is 4.82. The Balaban J connectivity index is 2.73. The summed E-state index contributed by atoms with van der Waals surface area (Å²) in [5.74, 6) is -2.01. The quantitative estimate of drug-likeness (QED) is 0.681. The summed E-state index contributed by atoms with van der Waals surface area (Å²) in [4.78, 5) is 22.2. The number of carboxylic acid groups (broad SMARTS) is 1. The van der Waals surface area contributed by atoms with Crippen molar-refractivity contribution in [2.24, 2.45) is 0 Å². The van der Waals surface area contributed by atoms with E-state index in [1.54, 1.807) is 0 Å². The molecule has 4 N–H and O–H groups in total. The number of nitrogens with one attached hydrogen (secondary N) is 2. The molecule has 1 rings (SSSR count). The molecule has 0 heterocycles. The van der Waals surface area contributed by atoms with Crippen LogP contribution in [0.2, 0.25) is 5.02 Å². The van der Waals surface area contributed by atoms with E-state index in [1.165, 1.54) is 13.0 Å². The smallest absolute Gasteiger partial charge is 0.337 e. The zero-order chi connectivity index (χ0) is 15.5. The number of carboxylic acids is 1. The molecule has 0 radical (unpaired) electrons. The highest BCUT2D eigenvalue weighted by atomic mass is 35.5. The average Bonchev–Trinajstić information content (AvgIpc) is 2.37. The molecule has 0 saturated carbocycles. The van der Waals surface area contributed by atoms with Crippen LogP contribution in [-0.2, 0) is 4.79 Å². The molecule has 1 aromatic rings. The van der Waals surface area contributed by atoms with Gasteiger partial charge in [0.2, 0.25) is 0 Å². The van der Waals surface area contributed by atoms with E-state index in [0.717, 1.165) is 13.0 Å². The molecular formula is C12H14ClFN2O4. The van der Waals surface area contributed by atoms with E-state index in [2.05, 4.69) is 10.6 Å². The van der Waals surface area contributed by atoms with Crippen molar-refractivity contribution < 1.29 is 24.2 Å². The van der Waals surface area contributed by atoms with Crippen LogP contribution in [0.1, 0.15) is 12.5 Å². The van der Waals surface area contributed by atoms with Crippen LogP contribution >= 0.6 is 11.6 Å². The molecule has 0 aliphatic carbocycles. The third-order valence-corrected chi connectivity index (χ3v) is 2.96. The van der Waals surface area contributed by atoms with Gasteiger partial charge in [-0.25, -0.2) is 14.0 Å². The molecule has 0 aliphatic heterocycles. The van der Waals surface area contributed by atoms with E-state index in [-0.39, 0.29) is 16.3 Å². The minimum absolute atomic E-state index is 0.0825. The lowest BCUT2D eigenvalue weighted by Gasteiger charge is -2.19. The molecule has 0 bridgehead atoms. The highest BCUT2D eigenvalue weighted by Crippen LogP contribution is 2.27. The number of halogens is 2. The van der Waals surface area contributed by atoms with Crippen LogP contribution in [0.3, 0.4) is 0 Å². The van der Waals surface area contributed by atoms with Gasteiger partial charge in [-0.1, -0.05) is 11.6 Å². The minimum Gasteiger partial charge on any atom is -0.479 e. The fourth-order valence-corrected chi connectivity index (χ4v) is 1.54. The maximum Gasteiger partial charge on any atom is 0.337 e. The number of benzene rings is 1. The first kappa shape index (κ1) is 16.2. The number of carbonyl (C=O) groups is 2. The van der Waals surface area contributed by atoms with Crippen molar-refractivity contribution in [3.8, 4) is 0 Å². The number of aliphatic carboxylic acids is 1. The predicted molar refractivity (Wildman–Crippen MR) is 71.4 cm³/mol. The molecule has 8 heteroatoms. The Bertz CT molecular complexity index is 549. The summed E-state index contributed by atoms with van der Waals surface area (Å²) < 4.78 is 13.3. The maximum atomic E-state index is 13.3. The first-order valence-corrected chi connectivity index (χ1v) is 5.98. The summed E-state index contributed by atoms with van der Waals surface area (Å²) in [6.07, 6.45) is 0. The van der Waals surface area contributed by atoms with E-state index >= 15 is 0 Å². The summed E-state index contributed by atoms with van der Waals surface area (Å²) in [5, 5.41) is 22.7. The summed E-state index contributed by atoms with van der Waals surface area (Å²) >= 11 is 5.83. The van der Waals surface area contributed by atoms with Gasteiger partial charge in [-0.2, -0.15) is 0 Å². The number of anilines is 1. The lowest BCUT2D eigenvalue weighted by Crippen LogP contribution is -2.47. The molecule has 0 aromatic heterocycles. The molecule has 20 heavy (non-hydrogen) atoms. The Kier molecular flexibility index (Phi) is 4.91. The Morgan fingerprint density at radius 3 is 2.60 bits per heavy atom. The highest BCUT2D eigenvalue weighted by molar-refractivity contribution is 6.33. The van der Waals surface area contributed by atoms with Gasteiger partial charge in [-0.05, 0) is 26.0 Å². The molecule has 6 nitrogen and oxygen atoms in total. The number of carbonyl (C=O) groups excluding carboxylic acids is 1. The van der Waals surface area contributed by atoms with Crippen molar-refractivity contribution in [3.63, 3.8) is 0 Å². The van der Waals surface area contributed by atoms with Crippen molar-refractivity contribution in [2.45, 2.75) is 19.4 Å². The molecule has 0 aliphatic rings. The summed E-state index contributed by atoms with van der Waals surface area (Å²) in [7, 11) is 0. The third kappa shape index (κ3) is 3.82. The van der Waals surface area contributed by atoms with Gasteiger partial charge in [-0.15, -0.1) is 0 Å². The van der Waals surface area contributed by atoms with Crippen molar-refractivity contribution in [1.82, 2.24) is 5.32 Å². The van der Waals surface area contributed by atoms with E-state index in [4.69, 9.17) is 16.7 Å². The second-order valence-electron chi connectivity index (χ2n) is 4.42. The Morgan fingerprint density at radius 1 is 1.45 bits per heavy atom. The number of hydrogen-bond acceptors (Lipinski definition) is 3. The van der Waals surface area contributed by atoms with Crippen LogP contribution in [0, 0.1) is 12.7 Å². The SMILES string of the molecule is Cc1c(F)ccc(Cl)c1NC(=O)NCC(C)(O)C(=O)O. The summed E-state index contributed by atoms with van der Waals surface area (Å²) in [6, 6.07) is 1.64. The van der Waals surface area contributed by atoms with Crippen LogP contribution in [-0.4, -0.2) is 34.4 Å². The zero-order valence-corrected chi connectivity index (χ0v) is 11.6. The summed E-state index contributed by atoms with van der Waals surface area (Å²) in [5.41, 5.74) is -1.87. The van der Waals surface area contributed by atoms with Gasteiger partial charge in [0.25, 0.3) is 0 Å². The van der Waals surface area contributed by atoms with Crippen molar-refractivity contribution in [3.05, 3.63) is 28.5 Å².